The summed E-state index contributed by atoms with van der Waals surface area (Å²) in [5.41, 5.74) is 1.33. The molecule has 1 N–H and O–H groups in total. The standard InChI is InChI=1S/C18H33N3/c1-21-18(14-16-20-21)13-15-19-17-11-9-7-5-3-2-4-6-8-10-12-17/h14,16-17,19H,2-13,15H2,1H3. The van der Waals surface area contributed by atoms with Gasteiger partial charge in [-0.3, -0.25) is 4.68 Å². The molecule has 0 saturated heterocycles. The highest BCUT2D eigenvalue weighted by atomic mass is 15.3. The lowest BCUT2D eigenvalue weighted by atomic mass is 9.98. The van der Waals surface area contributed by atoms with Crippen molar-refractivity contribution in [3.05, 3.63) is 18.0 Å². The second kappa shape index (κ2) is 9.99. The summed E-state index contributed by atoms with van der Waals surface area (Å²) in [5, 5.41) is 8.04. The smallest absolute Gasteiger partial charge is 0.0492 e. The van der Waals surface area contributed by atoms with Gasteiger partial charge in [0.25, 0.3) is 0 Å². The molecule has 1 aliphatic carbocycles. The summed E-state index contributed by atoms with van der Waals surface area (Å²) in [6.45, 7) is 1.09. The highest BCUT2D eigenvalue weighted by molar-refractivity contribution is 5.00. The van der Waals surface area contributed by atoms with Crippen LogP contribution < -0.4 is 5.32 Å². The van der Waals surface area contributed by atoms with Crippen molar-refractivity contribution in [2.45, 2.75) is 83.1 Å². The van der Waals surface area contributed by atoms with Gasteiger partial charge in [-0.05, 0) is 18.9 Å². The molecular formula is C18H33N3. The summed E-state index contributed by atoms with van der Waals surface area (Å²) >= 11 is 0. The van der Waals surface area contributed by atoms with Crippen molar-refractivity contribution in [2.24, 2.45) is 7.05 Å². The second-order valence-corrected chi connectivity index (χ2v) is 6.61. The van der Waals surface area contributed by atoms with Crippen LogP contribution >= 0.6 is 0 Å². The number of aryl methyl sites for hydroxylation is 1. The van der Waals surface area contributed by atoms with Gasteiger partial charge in [-0.15, -0.1) is 0 Å². The summed E-state index contributed by atoms with van der Waals surface area (Å²) < 4.78 is 1.99. The second-order valence-electron chi connectivity index (χ2n) is 6.61. The molecule has 1 fully saturated rings. The fourth-order valence-electron chi connectivity index (χ4n) is 3.42. The molecule has 1 saturated carbocycles. The summed E-state index contributed by atoms with van der Waals surface area (Å²) in [5.74, 6) is 0. The first-order chi connectivity index (χ1) is 10.4. The van der Waals surface area contributed by atoms with E-state index in [9.17, 15) is 0 Å². The van der Waals surface area contributed by atoms with E-state index in [1.807, 2.05) is 17.9 Å². The molecule has 3 nitrogen and oxygen atoms in total. The summed E-state index contributed by atoms with van der Waals surface area (Å²) in [7, 11) is 2.03. The van der Waals surface area contributed by atoms with Crippen molar-refractivity contribution >= 4 is 0 Å². The van der Waals surface area contributed by atoms with Crippen LogP contribution in [0.1, 0.15) is 76.3 Å². The number of aromatic nitrogens is 2. The maximum atomic E-state index is 4.24. The Kier molecular flexibility index (Phi) is 7.87. The SMILES string of the molecule is Cn1nccc1CCNC1CCCCCCCCCCC1. The molecule has 0 unspecified atom stereocenters. The van der Waals surface area contributed by atoms with Crippen molar-refractivity contribution in [3.8, 4) is 0 Å². The van der Waals surface area contributed by atoms with Gasteiger partial charge in [0.05, 0.1) is 0 Å². The number of rotatable bonds is 4. The largest absolute Gasteiger partial charge is 0.314 e. The Morgan fingerprint density at radius 3 is 2.10 bits per heavy atom. The van der Waals surface area contributed by atoms with Crippen molar-refractivity contribution in [2.75, 3.05) is 6.54 Å². The number of nitrogens with one attached hydrogen (secondary N) is 1. The molecule has 21 heavy (non-hydrogen) atoms. The van der Waals surface area contributed by atoms with Crippen LogP contribution in [0.5, 0.6) is 0 Å². The molecule has 1 heterocycles. The van der Waals surface area contributed by atoms with Gasteiger partial charge in [-0.1, -0.05) is 57.8 Å². The number of nitrogens with zero attached hydrogens (tertiary/aromatic N) is 2. The molecule has 3 heteroatoms. The highest BCUT2D eigenvalue weighted by Crippen LogP contribution is 2.17. The zero-order chi connectivity index (χ0) is 14.8. The topological polar surface area (TPSA) is 29.9 Å². The highest BCUT2D eigenvalue weighted by Gasteiger charge is 2.09. The Morgan fingerprint density at radius 2 is 1.57 bits per heavy atom. The maximum absolute atomic E-state index is 4.24. The molecule has 1 aromatic heterocycles. The van der Waals surface area contributed by atoms with Crippen LogP contribution in [0.15, 0.2) is 12.3 Å². The van der Waals surface area contributed by atoms with Crippen molar-refractivity contribution in [1.82, 2.24) is 15.1 Å². The monoisotopic (exact) mass is 291 g/mol. The van der Waals surface area contributed by atoms with Crippen LogP contribution in [0.4, 0.5) is 0 Å². The van der Waals surface area contributed by atoms with Crippen molar-refractivity contribution < 1.29 is 0 Å². The van der Waals surface area contributed by atoms with Gasteiger partial charge in [0.1, 0.15) is 0 Å². The zero-order valence-electron chi connectivity index (χ0n) is 13.8. The van der Waals surface area contributed by atoms with Gasteiger partial charge in [-0.25, -0.2) is 0 Å². The minimum absolute atomic E-state index is 0.734. The van der Waals surface area contributed by atoms with Crippen LogP contribution in [-0.4, -0.2) is 22.4 Å². The van der Waals surface area contributed by atoms with Crippen molar-refractivity contribution in [3.63, 3.8) is 0 Å². The van der Waals surface area contributed by atoms with E-state index in [-0.39, 0.29) is 0 Å². The van der Waals surface area contributed by atoms with Crippen LogP contribution in [0.25, 0.3) is 0 Å². The lowest BCUT2D eigenvalue weighted by molar-refractivity contribution is 0.404. The fourth-order valence-corrected chi connectivity index (χ4v) is 3.42. The molecule has 0 radical (unpaired) electrons. The van der Waals surface area contributed by atoms with E-state index >= 15 is 0 Å². The average Bonchev–Trinajstić information content (AvgIpc) is 2.87. The third-order valence-corrected chi connectivity index (χ3v) is 4.84. The van der Waals surface area contributed by atoms with Crippen molar-refractivity contribution in [1.29, 1.82) is 0 Å². The third-order valence-electron chi connectivity index (χ3n) is 4.84. The Hall–Kier alpha value is -0.830. The molecule has 0 aliphatic heterocycles. The van der Waals surface area contributed by atoms with E-state index in [0.29, 0.717) is 0 Å². The average molecular weight is 291 g/mol. The van der Waals surface area contributed by atoms with Crippen LogP contribution in [0.2, 0.25) is 0 Å². The molecule has 1 aromatic rings. The third kappa shape index (κ3) is 6.64. The molecule has 1 aliphatic rings. The van der Waals surface area contributed by atoms with Crippen LogP contribution in [0, 0.1) is 0 Å². The Balaban J connectivity index is 1.69. The molecule has 2 rings (SSSR count). The maximum Gasteiger partial charge on any atom is 0.0492 e. The molecule has 0 amide bonds. The predicted molar refractivity (Wildman–Crippen MR) is 89.5 cm³/mol. The number of hydrogen-bond acceptors (Lipinski definition) is 2. The Labute approximate surface area is 130 Å². The quantitative estimate of drug-likeness (QED) is 0.900. The van der Waals surface area contributed by atoms with Crippen LogP contribution in [0.3, 0.4) is 0 Å². The van der Waals surface area contributed by atoms with Crippen LogP contribution in [-0.2, 0) is 13.5 Å². The van der Waals surface area contributed by atoms with Gasteiger partial charge in [0, 0.05) is 37.9 Å². The van der Waals surface area contributed by atoms with Gasteiger partial charge >= 0.3 is 0 Å². The summed E-state index contributed by atoms with van der Waals surface area (Å²) in [6.07, 6.45) is 18.7. The molecule has 0 atom stereocenters. The minimum atomic E-state index is 0.734. The van der Waals surface area contributed by atoms with E-state index in [2.05, 4.69) is 16.5 Å². The van der Waals surface area contributed by atoms with Gasteiger partial charge in [-0.2, -0.15) is 5.10 Å². The predicted octanol–water partition coefficient (Wildman–Crippen LogP) is 4.23. The normalized spacial score (nSPS) is 19.9. The van der Waals surface area contributed by atoms with E-state index in [1.54, 1.807) is 0 Å². The Morgan fingerprint density at radius 1 is 1.00 bits per heavy atom. The zero-order valence-corrected chi connectivity index (χ0v) is 13.8. The molecule has 120 valence electrons. The summed E-state index contributed by atoms with van der Waals surface area (Å²) in [6, 6.07) is 2.86. The van der Waals surface area contributed by atoms with E-state index in [0.717, 1.165) is 19.0 Å². The molecule has 0 aromatic carbocycles. The Bertz CT molecular complexity index is 360. The van der Waals surface area contributed by atoms with E-state index < -0.39 is 0 Å². The number of hydrogen-bond donors (Lipinski definition) is 1. The molecule has 0 bridgehead atoms. The first-order valence-corrected chi connectivity index (χ1v) is 9.06. The fraction of sp³-hybridized carbons (Fsp3) is 0.833. The lowest BCUT2D eigenvalue weighted by Gasteiger charge is -2.19. The van der Waals surface area contributed by atoms with Gasteiger partial charge in [0.2, 0.25) is 0 Å². The van der Waals surface area contributed by atoms with Gasteiger partial charge in [0.15, 0.2) is 0 Å². The van der Waals surface area contributed by atoms with Gasteiger partial charge < -0.3 is 5.32 Å². The molecular weight excluding hydrogens is 258 g/mol. The first-order valence-electron chi connectivity index (χ1n) is 9.06. The first kappa shape index (κ1) is 16.5. The van der Waals surface area contributed by atoms with E-state index in [4.69, 9.17) is 0 Å². The summed E-state index contributed by atoms with van der Waals surface area (Å²) in [4.78, 5) is 0. The minimum Gasteiger partial charge on any atom is -0.314 e. The lowest BCUT2D eigenvalue weighted by Crippen LogP contribution is -2.31. The molecule has 0 spiro atoms. The van der Waals surface area contributed by atoms with E-state index in [1.165, 1.54) is 76.3 Å².